The van der Waals surface area contributed by atoms with Gasteiger partial charge in [-0.25, -0.2) is 0 Å². The monoisotopic (exact) mass is 269 g/mol. The average Bonchev–Trinajstić information content (AvgIpc) is 2.86. The molecule has 1 unspecified atom stereocenters. The fourth-order valence-corrected chi connectivity index (χ4v) is 4.20. The van der Waals surface area contributed by atoms with E-state index in [1.807, 2.05) is 0 Å². The van der Waals surface area contributed by atoms with Gasteiger partial charge < -0.3 is 5.32 Å². The number of nitrogens with one attached hydrogen (secondary N) is 1. The first-order valence-electron chi connectivity index (χ1n) is 5.40. The summed E-state index contributed by atoms with van der Waals surface area (Å²) in [5, 5.41) is 7.85. The summed E-state index contributed by atoms with van der Waals surface area (Å²) in [7, 11) is 0. The van der Waals surface area contributed by atoms with E-state index < -0.39 is 0 Å². The highest BCUT2D eigenvalue weighted by atomic mass is 35.5. The van der Waals surface area contributed by atoms with Gasteiger partial charge in [0.15, 0.2) is 0 Å². The van der Waals surface area contributed by atoms with Crippen LogP contribution < -0.4 is 5.32 Å². The minimum atomic E-state index is 0.446. The molecule has 1 nitrogen and oxygen atoms in total. The van der Waals surface area contributed by atoms with Gasteiger partial charge in [0.05, 0.1) is 10.4 Å². The Morgan fingerprint density at radius 3 is 3.19 bits per heavy atom. The van der Waals surface area contributed by atoms with Gasteiger partial charge in [0.25, 0.3) is 0 Å². The second-order valence-corrected chi connectivity index (χ2v) is 6.58. The average molecular weight is 270 g/mol. The quantitative estimate of drug-likeness (QED) is 0.813. The van der Waals surface area contributed by atoms with E-state index in [0.717, 1.165) is 4.34 Å². The lowest BCUT2D eigenvalue weighted by atomic mass is 9.94. The van der Waals surface area contributed by atoms with Gasteiger partial charge in [-0.1, -0.05) is 11.6 Å². The third kappa shape index (κ3) is 1.99. The van der Waals surface area contributed by atoms with Crippen LogP contribution in [-0.2, 0) is 6.42 Å². The SMILES string of the molecule is Clc1cc2c(s1)CCCC2Nc1ccsc1. The summed E-state index contributed by atoms with van der Waals surface area (Å²) >= 11 is 9.55. The summed E-state index contributed by atoms with van der Waals surface area (Å²) in [4.78, 5) is 1.46. The molecule has 84 valence electrons. The summed E-state index contributed by atoms with van der Waals surface area (Å²) in [5.41, 5.74) is 2.64. The maximum absolute atomic E-state index is 6.09. The van der Waals surface area contributed by atoms with Crippen molar-refractivity contribution in [3.8, 4) is 0 Å². The largest absolute Gasteiger partial charge is 0.378 e. The Bertz CT molecular complexity index is 475. The number of hydrogen-bond donors (Lipinski definition) is 1. The molecular weight excluding hydrogens is 258 g/mol. The zero-order chi connectivity index (χ0) is 11.0. The molecule has 2 aromatic heterocycles. The van der Waals surface area contributed by atoms with E-state index in [0.29, 0.717) is 6.04 Å². The van der Waals surface area contributed by atoms with E-state index in [-0.39, 0.29) is 0 Å². The molecule has 0 aliphatic heterocycles. The van der Waals surface area contributed by atoms with Gasteiger partial charge in [-0.15, -0.1) is 11.3 Å². The van der Waals surface area contributed by atoms with Crippen molar-refractivity contribution in [1.29, 1.82) is 0 Å². The first-order valence-corrected chi connectivity index (χ1v) is 7.53. The van der Waals surface area contributed by atoms with Crippen molar-refractivity contribution in [3.05, 3.63) is 37.7 Å². The van der Waals surface area contributed by atoms with Crippen LogP contribution >= 0.6 is 34.3 Å². The first kappa shape index (κ1) is 10.6. The van der Waals surface area contributed by atoms with Gasteiger partial charge >= 0.3 is 0 Å². The van der Waals surface area contributed by atoms with E-state index in [4.69, 9.17) is 11.6 Å². The standard InChI is InChI=1S/C12H12ClNS2/c13-12-6-9-10(2-1-3-11(9)16-12)14-8-4-5-15-7-8/h4-7,10,14H,1-3H2. The second kappa shape index (κ2) is 4.40. The minimum Gasteiger partial charge on any atom is -0.378 e. The lowest BCUT2D eigenvalue weighted by Gasteiger charge is -2.23. The Balaban J connectivity index is 1.87. The predicted octanol–water partition coefficient (Wildman–Crippen LogP) is 4.95. The van der Waals surface area contributed by atoms with Crippen LogP contribution in [0.15, 0.2) is 22.9 Å². The summed E-state index contributed by atoms with van der Waals surface area (Å²) in [6.45, 7) is 0. The lowest BCUT2D eigenvalue weighted by molar-refractivity contribution is 0.609. The molecule has 1 N–H and O–H groups in total. The number of aryl methyl sites for hydroxylation is 1. The number of hydrogen-bond acceptors (Lipinski definition) is 3. The molecule has 0 fully saturated rings. The van der Waals surface area contributed by atoms with Gasteiger partial charge in [0, 0.05) is 15.9 Å². The molecule has 4 heteroatoms. The highest BCUT2D eigenvalue weighted by Crippen LogP contribution is 2.39. The van der Waals surface area contributed by atoms with Crippen LogP contribution in [0.4, 0.5) is 5.69 Å². The predicted molar refractivity (Wildman–Crippen MR) is 72.9 cm³/mol. The molecule has 0 radical (unpaired) electrons. The van der Waals surface area contributed by atoms with Crippen molar-refractivity contribution in [3.63, 3.8) is 0 Å². The maximum atomic E-state index is 6.09. The minimum absolute atomic E-state index is 0.446. The molecule has 0 bridgehead atoms. The van der Waals surface area contributed by atoms with Crippen molar-refractivity contribution < 1.29 is 0 Å². The van der Waals surface area contributed by atoms with Crippen LogP contribution in [0, 0.1) is 0 Å². The van der Waals surface area contributed by atoms with Crippen molar-refractivity contribution in [2.24, 2.45) is 0 Å². The van der Waals surface area contributed by atoms with E-state index in [1.165, 1.54) is 35.4 Å². The Kier molecular flexibility index (Phi) is 2.92. The third-order valence-corrected chi connectivity index (χ3v) is 4.97. The molecule has 0 saturated carbocycles. The molecule has 16 heavy (non-hydrogen) atoms. The maximum Gasteiger partial charge on any atom is 0.0934 e. The number of halogens is 1. The Hall–Kier alpha value is -0.510. The molecule has 2 aromatic rings. The van der Waals surface area contributed by atoms with Gasteiger partial charge in [-0.2, -0.15) is 11.3 Å². The molecular formula is C12H12ClNS2. The molecule has 3 rings (SSSR count). The zero-order valence-electron chi connectivity index (χ0n) is 8.70. The molecule has 0 amide bonds. The molecule has 0 aromatic carbocycles. The topological polar surface area (TPSA) is 12.0 Å². The fraction of sp³-hybridized carbons (Fsp3) is 0.333. The van der Waals surface area contributed by atoms with Crippen molar-refractivity contribution in [2.75, 3.05) is 5.32 Å². The molecule has 1 aliphatic carbocycles. The van der Waals surface area contributed by atoms with Crippen LogP contribution in [0.3, 0.4) is 0 Å². The Morgan fingerprint density at radius 1 is 1.44 bits per heavy atom. The summed E-state index contributed by atoms with van der Waals surface area (Å²) in [6, 6.07) is 4.71. The Morgan fingerprint density at radius 2 is 2.38 bits per heavy atom. The number of rotatable bonds is 2. The number of thiophene rings is 2. The lowest BCUT2D eigenvalue weighted by Crippen LogP contribution is -2.15. The van der Waals surface area contributed by atoms with Crippen molar-refractivity contribution in [2.45, 2.75) is 25.3 Å². The fourth-order valence-electron chi connectivity index (χ4n) is 2.22. The molecule has 2 heterocycles. The van der Waals surface area contributed by atoms with Crippen molar-refractivity contribution in [1.82, 2.24) is 0 Å². The highest BCUT2D eigenvalue weighted by molar-refractivity contribution is 7.16. The Labute approximate surface area is 108 Å². The summed E-state index contributed by atoms with van der Waals surface area (Å²) in [5.74, 6) is 0. The van der Waals surface area contributed by atoms with E-state index in [2.05, 4.69) is 28.2 Å². The third-order valence-electron chi connectivity index (χ3n) is 2.95. The van der Waals surface area contributed by atoms with Gasteiger partial charge in [0.1, 0.15) is 0 Å². The first-order chi connectivity index (χ1) is 7.83. The van der Waals surface area contributed by atoms with Crippen LogP contribution in [0.5, 0.6) is 0 Å². The van der Waals surface area contributed by atoms with Crippen LogP contribution in [0.1, 0.15) is 29.3 Å². The van der Waals surface area contributed by atoms with Crippen LogP contribution in [0.25, 0.3) is 0 Å². The zero-order valence-corrected chi connectivity index (χ0v) is 11.1. The molecule has 1 atom stereocenters. The molecule has 0 saturated heterocycles. The van der Waals surface area contributed by atoms with Gasteiger partial charge in [0.2, 0.25) is 0 Å². The highest BCUT2D eigenvalue weighted by Gasteiger charge is 2.22. The van der Waals surface area contributed by atoms with Crippen LogP contribution in [0.2, 0.25) is 4.34 Å². The van der Waals surface area contributed by atoms with Crippen molar-refractivity contribution >= 4 is 40.0 Å². The second-order valence-electron chi connectivity index (χ2n) is 4.03. The van der Waals surface area contributed by atoms with Crippen LogP contribution in [-0.4, -0.2) is 0 Å². The summed E-state index contributed by atoms with van der Waals surface area (Å²) in [6.07, 6.45) is 3.65. The van der Waals surface area contributed by atoms with Gasteiger partial charge in [-0.05, 0) is 42.3 Å². The van der Waals surface area contributed by atoms with Gasteiger partial charge in [-0.3, -0.25) is 0 Å². The van der Waals surface area contributed by atoms with E-state index in [1.54, 1.807) is 22.7 Å². The van der Waals surface area contributed by atoms with E-state index in [9.17, 15) is 0 Å². The summed E-state index contributed by atoms with van der Waals surface area (Å²) < 4.78 is 0.920. The normalized spacial score (nSPS) is 19.4. The molecule has 0 spiro atoms. The molecule has 1 aliphatic rings. The van der Waals surface area contributed by atoms with E-state index >= 15 is 0 Å². The smallest absolute Gasteiger partial charge is 0.0934 e. The number of anilines is 1. The number of fused-ring (bicyclic) bond motifs is 1.